The standard InChI is InChI=1S/C18H13N3O2/c1-11-6-8-12(9-7-11)10-15-16(22)20-18-19-14-5-3-2-4-13(14)17(23)21(15)18/h2-10H,1H3,(H,19,20,22)/b15-10+. The minimum Gasteiger partial charge on any atom is -0.290 e. The summed E-state index contributed by atoms with van der Waals surface area (Å²) in [6.07, 6.45) is 1.70. The average molecular weight is 303 g/mol. The number of aromatic amines is 1. The van der Waals surface area contributed by atoms with Crippen LogP contribution in [0.2, 0.25) is 0 Å². The van der Waals surface area contributed by atoms with E-state index in [4.69, 9.17) is 0 Å². The Morgan fingerprint density at radius 2 is 1.78 bits per heavy atom. The average Bonchev–Trinajstić information content (AvgIpc) is 2.86. The minimum absolute atomic E-state index is 0.248. The molecule has 2 aromatic carbocycles. The van der Waals surface area contributed by atoms with E-state index in [-0.39, 0.29) is 22.2 Å². The molecule has 0 bridgehead atoms. The molecule has 0 radical (unpaired) electrons. The van der Waals surface area contributed by atoms with Crippen LogP contribution in [0, 0.1) is 6.92 Å². The summed E-state index contributed by atoms with van der Waals surface area (Å²) in [5.74, 6) is 0.261. The molecule has 0 aliphatic rings. The van der Waals surface area contributed by atoms with Crippen molar-refractivity contribution < 1.29 is 0 Å². The summed E-state index contributed by atoms with van der Waals surface area (Å²) < 4.78 is 1.34. The van der Waals surface area contributed by atoms with Crippen molar-refractivity contribution in [3.63, 3.8) is 0 Å². The number of H-pyrrole nitrogens is 1. The molecule has 2 aromatic heterocycles. The molecule has 0 saturated heterocycles. The van der Waals surface area contributed by atoms with Crippen molar-refractivity contribution >= 4 is 22.8 Å². The van der Waals surface area contributed by atoms with Gasteiger partial charge in [-0.3, -0.25) is 14.6 Å². The Labute approximate surface area is 130 Å². The van der Waals surface area contributed by atoms with Crippen LogP contribution in [0.3, 0.4) is 0 Å². The monoisotopic (exact) mass is 303 g/mol. The highest BCUT2D eigenvalue weighted by atomic mass is 16.1. The third-order valence-corrected chi connectivity index (χ3v) is 3.86. The number of imidazole rings is 1. The van der Waals surface area contributed by atoms with Crippen LogP contribution in [-0.4, -0.2) is 14.4 Å². The molecule has 4 aromatic rings. The maximum atomic E-state index is 12.7. The van der Waals surface area contributed by atoms with Crippen molar-refractivity contribution in [1.82, 2.24) is 14.4 Å². The largest absolute Gasteiger partial charge is 0.290 e. The lowest BCUT2D eigenvalue weighted by Crippen LogP contribution is -2.32. The van der Waals surface area contributed by atoms with Gasteiger partial charge in [0, 0.05) is 0 Å². The van der Waals surface area contributed by atoms with Gasteiger partial charge >= 0.3 is 0 Å². The van der Waals surface area contributed by atoms with E-state index in [1.165, 1.54) is 4.40 Å². The van der Waals surface area contributed by atoms with Crippen LogP contribution in [0.25, 0.3) is 22.8 Å². The Bertz CT molecular complexity index is 1200. The molecule has 5 nitrogen and oxygen atoms in total. The highest BCUT2D eigenvalue weighted by Crippen LogP contribution is 2.06. The lowest BCUT2D eigenvalue weighted by molar-refractivity contribution is 1.05. The summed E-state index contributed by atoms with van der Waals surface area (Å²) >= 11 is 0. The predicted molar refractivity (Wildman–Crippen MR) is 89.6 cm³/mol. The number of aromatic nitrogens is 3. The normalized spacial score (nSPS) is 12.3. The first-order valence-corrected chi connectivity index (χ1v) is 7.25. The van der Waals surface area contributed by atoms with Gasteiger partial charge in [0.15, 0.2) is 0 Å². The Morgan fingerprint density at radius 1 is 1.04 bits per heavy atom. The fourth-order valence-electron chi connectivity index (χ4n) is 2.66. The van der Waals surface area contributed by atoms with E-state index in [1.54, 1.807) is 24.3 Å². The second kappa shape index (κ2) is 4.91. The van der Waals surface area contributed by atoms with Gasteiger partial charge in [-0.15, -0.1) is 0 Å². The predicted octanol–water partition coefficient (Wildman–Crippen LogP) is 1.39. The van der Waals surface area contributed by atoms with Gasteiger partial charge in [0.1, 0.15) is 5.35 Å². The van der Waals surface area contributed by atoms with E-state index < -0.39 is 0 Å². The minimum atomic E-state index is -0.328. The van der Waals surface area contributed by atoms with E-state index in [0.717, 1.165) is 11.1 Å². The first-order chi connectivity index (χ1) is 11.1. The number of hydrogen-bond acceptors (Lipinski definition) is 3. The third kappa shape index (κ3) is 2.14. The molecule has 5 heteroatoms. The van der Waals surface area contributed by atoms with Crippen LogP contribution < -0.4 is 16.5 Å². The maximum Gasteiger partial charge on any atom is 0.275 e. The van der Waals surface area contributed by atoms with E-state index in [9.17, 15) is 9.59 Å². The van der Waals surface area contributed by atoms with Gasteiger partial charge in [-0.2, -0.15) is 0 Å². The Balaban J connectivity index is 2.13. The first kappa shape index (κ1) is 13.5. The topological polar surface area (TPSA) is 67.2 Å². The third-order valence-electron chi connectivity index (χ3n) is 3.86. The van der Waals surface area contributed by atoms with E-state index in [2.05, 4.69) is 9.97 Å². The second-order valence-corrected chi connectivity index (χ2v) is 5.49. The summed E-state index contributed by atoms with van der Waals surface area (Å²) in [5.41, 5.74) is 1.98. The molecular weight excluding hydrogens is 290 g/mol. The summed E-state index contributed by atoms with van der Waals surface area (Å²) in [6, 6.07) is 14.8. The lowest BCUT2D eigenvalue weighted by atomic mass is 10.1. The molecule has 0 amide bonds. The van der Waals surface area contributed by atoms with Crippen molar-refractivity contribution in [2.75, 3.05) is 0 Å². The van der Waals surface area contributed by atoms with E-state index in [1.807, 2.05) is 37.3 Å². The zero-order chi connectivity index (χ0) is 16.0. The van der Waals surface area contributed by atoms with Gasteiger partial charge in [0.05, 0.1) is 10.9 Å². The van der Waals surface area contributed by atoms with Crippen LogP contribution in [0.4, 0.5) is 0 Å². The van der Waals surface area contributed by atoms with Crippen LogP contribution in [-0.2, 0) is 0 Å². The molecule has 0 aliphatic heterocycles. The van der Waals surface area contributed by atoms with Crippen molar-refractivity contribution in [3.05, 3.63) is 85.7 Å². The molecular formula is C18H13N3O2. The molecule has 23 heavy (non-hydrogen) atoms. The van der Waals surface area contributed by atoms with Gasteiger partial charge in [0.2, 0.25) is 5.78 Å². The van der Waals surface area contributed by atoms with Crippen molar-refractivity contribution in [2.24, 2.45) is 0 Å². The molecule has 112 valence electrons. The smallest absolute Gasteiger partial charge is 0.275 e. The number of fused-ring (bicyclic) bond motifs is 2. The van der Waals surface area contributed by atoms with Crippen molar-refractivity contribution in [3.8, 4) is 0 Å². The maximum absolute atomic E-state index is 12.7. The fourth-order valence-corrected chi connectivity index (χ4v) is 2.66. The van der Waals surface area contributed by atoms with Crippen molar-refractivity contribution in [1.29, 1.82) is 0 Å². The number of nitrogens with zero attached hydrogens (tertiary/aromatic N) is 2. The molecule has 1 N–H and O–H groups in total. The SMILES string of the molecule is Cc1ccc(/C=c2\c(=O)[nH]c3nc4ccccc4c(=O)n23)cc1. The molecule has 0 spiro atoms. The summed E-state index contributed by atoms with van der Waals surface area (Å²) in [4.78, 5) is 32.0. The van der Waals surface area contributed by atoms with Gasteiger partial charge in [-0.05, 0) is 30.7 Å². The number of benzene rings is 2. The number of para-hydroxylation sites is 1. The second-order valence-electron chi connectivity index (χ2n) is 5.49. The molecule has 0 fully saturated rings. The van der Waals surface area contributed by atoms with Gasteiger partial charge < -0.3 is 0 Å². The van der Waals surface area contributed by atoms with Crippen LogP contribution >= 0.6 is 0 Å². The summed E-state index contributed by atoms with van der Waals surface area (Å²) in [6.45, 7) is 2.00. The molecule has 0 aliphatic carbocycles. The Morgan fingerprint density at radius 3 is 2.57 bits per heavy atom. The fraction of sp³-hybridized carbons (Fsp3) is 0.0556. The quantitative estimate of drug-likeness (QED) is 0.578. The van der Waals surface area contributed by atoms with Gasteiger partial charge in [-0.1, -0.05) is 42.0 Å². The zero-order valence-electron chi connectivity index (χ0n) is 12.4. The number of rotatable bonds is 1. The van der Waals surface area contributed by atoms with Gasteiger partial charge in [-0.25, -0.2) is 9.38 Å². The molecule has 2 heterocycles. The highest BCUT2D eigenvalue weighted by molar-refractivity contribution is 5.79. The van der Waals surface area contributed by atoms with E-state index in [0.29, 0.717) is 10.9 Å². The molecule has 4 rings (SSSR count). The lowest BCUT2D eigenvalue weighted by Gasteiger charge is -1.98. The number of nitrogens with one attached hydrogen (secondary N) is 1. The Kier molecular flexibility index (Phi) is 2.87. The van der Waals surface area contributed by atoms with Crippen molar-refractivity contribution in [2.45, 2.75) is 6.92 Å². The molecule has 0 atom stereocenters. The number of hydrogen-bond donors (Lipinski definition) is 1. The molecule has 0 unspecified atom stereocenters. The first-order valence-electron chi connectivity index (χ1n) is 7.25. The summed E-state index contributed by atoms with van der Waals surface area (Å²) in [5, 5.41) is 0.773. The van der Waals surface area contributed by atoms with Crippen LogP contribution in [0.15, 0.2) is 58.1 Å². The van der Waals surface area contributed by atoms with Crippen LogP contribution in [0.1, 0.15) is 11.1 Å². The zero-order valence-corrected chi connectivity index (χ0v) is 12.4. The molecule has 0 saturated carbocycles. The van der Waals surface area contributed by atoms with Gasteiger partial charge in [0.25, 0.3) is 11.1 Å². The summed E-state index contributed by atoms with van der Waals surface area (Å²) in [7, 11) is 0. The highest BCUT2D eigenvalue weighted by Gasteiger charge is 2.09. The van der Waals surface area contributed by atoms with Crippen LogP contribution in [0.5, 0.6) is 0 Å². The van der Waals surface area contributed by atoms with E-state index >= 15 is 0 Å². The number of aryl methyl sites for hydroxylation is 1. The Hall–Kier alpha value is -3.21.